The number of ether oxygens (including phenoxy) is 1. The third-order valence-corrected chi connectivity index (χ3v) is 5.35. The fourth-order valence-electron chi connectivity index (χ4n) is 3.67. The Hall–Kier alpha value is -3.85. The molecule has 1 amide bonds. The molecule has 0 aliphatic carbocycles. The number of aryl methyl sites for hydroxylation is 2. The fourth-order valence-corrected chi connectivity index (χ4v) is 3.67. The van der Waals surface area contributed by atoms with Crippen LogP contribution < -0.4 is 27.2 Å². The van der Waals surface area contributed by atoms with Crippen molar-refractivity contribution in [3.8, 4) is 0 Å². The van der Waals surface area contributed by atoms with Crippen LogP contribution in [0.3, 0.4) is 0 Å². The molecule has 0 aliphatic rings. The molecule has 3 rings (SSSR count). The van der Waals surface area contributed by atoms with Crippen molar-refractivity contribution >= 4 is 23.1 Å². The molecular weight excluding hydrogens is 422 g/mol. The Bertz CT molecular complexity index is 1210. The van der Waals surface area contributed by atoms with Crippen molar-refractivity contribution in [1.82, 2.24) is 9.55 Å². The molecule has 1 heterocycles. The van der Waals surface area contributed by atoms with Crippen LogP contribution in [0.15, 0.2) is 58.1 Å². The highest BCUT2D eigenvalue weighted by atomic mass is 16.5. The second-order valence-electron chi connectivity index (χ2n) is 7.79. The molecule has 0 aliphatic heterocycles. The molecule has 9 nitrogen and oxygen atoms in total. The van der Waals surface area contributed by atoms with Crippen LogP contribution in [-0.4, -0.2) is 35.7 Å². The molecule has 33 heavy (non-hydrogen) atoms. The second kappa shape index (κ2) is 10.6. The van der Waals surface area contributed by atoms with E-state index in [0.29, 0.717) is 0 Å². The molecule has 1 aromatic heterocycles. The average Bonchev–Trinajstić information content (AvgIpc) is 2.76. The summed E-state index contributed by atoms with van der Waals surface area (Å²) in [5.74, 6) is -0.326. The molecule has 174 valence electrons. The Kier molecular flexibility index (Phi) is 7.68. The van der Waals surface area contributed by atoms with Crippen molar-refractivity contribution in [2.75, 3.05) is 36.2 Å². The minimum Gasteiger partial charge on any atom is -0.383 e. The molecule has 0 unspecified atom stereocenters. The summed E-state index contributed by atoms with van der Waals surface area (Å²) in [5, 5.41) is 2.94. The fraction of sp³-hybridized carbons (Fsp3) is 0.292. The Morgan fingerprint density at radius 3 is 2.39 bits per heavy atom. The molecule has 0 saturated carbocycles. The summed E-state index contributed by atoms with van der Waals surface area (Å²) in [6.45, 7) is 4.34. The predicted octanol–water partition coefficient (Wildman–Crippen LogP) is 2.03. The molecule has 9 heteroatoms. The number of nitrogens with zero attached hydrogens (tertiary/aromatic N) is 2. The van der Waals surface area contributed by atoms with Gasteiger partial charge in [-0.3, -0.25) is 19.1 Å². The maximum Gasteiger partial charge on any atom is 0.330 e. The van der Waals surface area contributed by atoms with Gasteiger partial charge in [-0.25, -0.2) is 4.79 Å². The maximum absolute atomic E-state index is 13.0. The first kappa shape index (κ1) is 23.8. The molecule has 0 spiro atoms. The minimum absolute atomic E-state index is 0.0170. The summed E-state index contributed by atoms with van der Waals surface area (Å²) < 4.78 is 6.29. The third kappa shape index (κ3) is 5.69. The number of benzene rings is 2. The van der Waals surface area contributed by atoms with E-state index in [1.54, 1.807) is 4.90 Å². The lowest BCUT2D eigenvalue weighted by atomic mass is 10.1. The first-order valence-corrected chi connectivity index (χ1v) is 10.6. The summed E-state index contributed by atoms with van der Waals surface area (Å²) in [7, 11) is 1.51. The first-order chi connectivity index (χ1) is 15.8. The summed E-state index contributed by atoms with van der Waals surface area (Å²) in [4.78, 5) is 42.1. The zero-order valence-electron chi connectivity index (χ0n) is 19.1. The summed E-state index contributed by atoms with van der Waals surface area (Å²) in [6, 6.07) is 15.2. The minimum atomic E-state index is -0.651. The Morgan fingerprint density at radius 2 is 1.76 bits per heavy atom. The van der Waals surface area contributed by atoms with E-state index < -0.39 is 11.2 Å². The van der Waals surface area contributed by atoms with Gasteiger partial charge in [-0.2, -0.15) is 0 Å². The molecule has 0 radical (unpaired) electrons. The topological polar surface area (TPSA) is 122 Å². The van der Waals surface area contributed by atoms with Crippen molar-refractivity contribution < 1.29 is 9.53 Å². The number of hydrogen-bond donors (Lipinski definition) is 3. The molecule has 0 atom stereocenters. The highest BCUT2D eigenvalue weighted by molar-refractivity contribution is 5.95. The summed E-state index contributed by atoms with van der Waals surface area (Å²) in [5.41, 5.74) is 8.53. The number of aromatic nitrogens is 2. The van der Waals surface area contributed by atoms with Crippen molar-refractivity contribution in [3.63, 3.8) is 0 Å². The van der Waals surface area contributed by atoms with Crippen LogP contribution in [0.25, 0.3) is 0 Å². The Balaban J connectivity index is 1.99. The van der Waals surface area contributed by atoms with E-state index in [0.717, 1.165) is 22.4 Å². The molecule has 0 fully saturated rings. The third-order valence-electron chi connectivity index (χ3n) is 5.35. The van der Waals surface area contributed by atoms with E-state index in [1.165, 1.54) is 11.7 Å². The zero-order valence-corrected chi connectivity index (χ0v) is 19.1. The summed E-state index contributed by atoms with van der Waals surface area (Å²) in [6.07, 6.45) is 0. The van der Waals surface area contributed by atoms with E-state index in [1.807, 2.05) is 62.4 Å². The number of aromatic amines is 1. The van der Waals surface area contributed by atoms with E-state index in [-0.39, 0.29) is 43.7 Å². The molecule has 2 aromatic carbocycles. The highest BCUT2D eigenvalue weighted by Crippen LogP contribution is 2.22. The molecular formula is C24H29N5O4. The van der Waals surface area contributed by atoms with Gasteiger partial charge in [-0.05, 0) is 30.5 Å². The number of rotatable bonds is 9. The van der Waals surface area contributed by atoms with Gasteiger partial charge in [0, 0.05) is 19.3 Å². The number of methoxy groups -OCH3 is 1. The van der Waals surface area contributed by atoms with Crippen LogP contribution in [0.1, 0.15) is 16.7 Å². The molecule has 4 N–H and O–H groups in total. The number of nitrogen functional groups attached to an aromatic ring is 1. The maximum atomic E-state index is 13.0. The van der Waals surface area contributed by atoms with Gasteiger partial charge >= 0.3 is 5.69 Å². The Labute approximate surface area is 191 Å². The van der Waals surface area contributed by atoms with Crippen LogP contribution >= 0.6 is 0 Å². The number of nitrogens with one attached hydrogen (secondary N) is 2. The smallest absolute Gasteiger partial charge is 0.330 e. The van der Waals surface area contributed by atoms with Gasteiger partial charge in [0.1, 0.15) is 11.5 Å². The normalized spacial score (nSPS) is 10.8. The number of anilines is 3. The lowest BCUT2D eigenvalue weighted by Gasteiger charge is -2.26. The molecule has 3 aromatic rings. The van der Waals surface area contributed by atoms with E-state index in [2.05, 4.69) is 10.3 Å². The van der Waals surface area contributed by atoms with Crippen molar-refractivity contribution in [1.29, 1.82) is 0 Å². The lowest BCUT2D eigenvalue weighted by Crippen LogP contribution is -2.41. The van der Waals surface area contributed by atoms with Gasteiger partial charge < -0.3 is 20.7 Å². The van der Waals surface area contributed by atoms with Crippen LogP contribution in [0.5, 0.6) is 0 Å². The zero-order chi connectivity index (χ0) is 24.0. The quantitative estimate of drug-likeness (QED) is 0.458. The summed E-state index contributed by atoms with van der Waals surface area (Å²) >= 11 is 0. The van der Waals surface area contributed by atoms with Gasteiger partial charge in [0.25, 0.3) is 5.56 Å². The average molecular weight is 452 g/mol. The standard InChI is InChI=1S/C24H29N5O4/c1-16-8-7-9-17(2)20(16)26-19(30)15-28(14-18-10-5-4-6-11-18)21-22(25)29(12-13-33-3)24(32)27-23(21)31/h4-11H,12-15,25H2,1-3H3,(H,26,30)(H,27,31,32). The second-order valence-corrected chi connectivity index (χ2v) is 7.79. The van der Waals surface area contributed by atoms with Crippen molar-refractivity contribution in [2.45, 2.75) is 26.9 Å². The predicted molar refractivity (Wildman–Crippen MR) is 130 cm³/mol. The monoisotopic (exact) mass is 451 g/mol. The van der Waals surface area contributed by atoms with Gasteiger partial charge in [0.2, 0.25) is 5.91 Å². The number of carbonyl (C=O) groups is 1. The lowest BCUT2D eigenvalue weighted by molar-refractivity contribution is -0.115. The van der Waals surface area contributed by atoms with Gasteiger partial charge in [0.15, 0.2) is 0 Å². The van der Waals surface area contributed by atoms with Crippen LogP contribution in [0.2, 0.25) is 0 Å². The van der Waals surface area contributed by atoms with E-state index >= 15 is 0 Å². The number of hydrogen-bond acceptors (Lipinski definition) is 6. The molecule has 0 bridgehead atoms. The highest BCUT2D eigenvalue weighted by Gasteiger charge is 2.22. The number of nitrogens with two attached hydrogens (primary N) is 1. The number of H-pyrrole nitrogens is 1. The van der Waals surface area contributed by atoms with Crippen LogP contribution in [-0.2, 0) is 22.6 Å². The van der Waals surface area contributed by atoms with Gasteiger partial charge in [-0.1, -0.05) is 48.5 Å². The first-order valence-electron chi connectivity index (χ1n) is 10.6. The van der Waals surface area contributed by atoms with Crippen molar-refractivity contribution in [2.24, 2.45) is 0 Å². The van der Waals surface area contributed by atoms with Crippen molar-refractivity contribution in [3.05, 3.63) is 86.1 Å². The largest absolute Gasteiger partial charge is 0.383 e. The van der Waals surface area contributed by atoms with Gasteiger partial charge in [-0.15, -0.1) is 0 Å². The van der Waals surface area contributed by atoms with Crippen LogP contribution in [0.4, 0.5) is 17.2 Å². The SMILES string of the molecule is COCCn1c(N)c(N(CC(=O)Nc2c(C)cccc2C)Cc2ccccc2)c(=O)[nH]c1=O. The van der Waals surface area contributed by atoms with E-state index in [9.17, 15) is 14.4 Å². The number of amides is 1. The number of carbonyl (C=O) groups excluding carboxylic acids is 1. The Morgan fingerprint density at radius 1 is 1.09 bits per heavy atom. The van der Waals surface area contributed by atoms with Crippen LogP contribution in [0, 0.1) is 13.8 Å². The molecule has 0 saturated heterocycles. The van der Waals surface area contributed by atoms with Gasteiger partial charge in [0.05, 0.1) is 19.7 Å². The van der Waals surface area contributed by atoms with E-state index in [4.69, 9.17) is 10.5 Å². The number of para-hydroxylation sites is 1.